The van der Waals surface area contributed by atoms with Gasteiger partial charge >= 0.3 is 0 Å². The molecule has 0 bridgehead atoms. The molecule has 3 aliphatic rings. The maximum absolute atomic E-state index is 10.7. The normalized spacial score (nSPS) is 16.6. The minimum absolute atomic E-state index is 0.228. The third-order valence-corrected chi connectivity index (χ3v) is 16.2. The summed E-state index contributed by atoms with van der Waals surface area (Å²) in [5.41, 5.74) is 14.7. The van der Waals surface area contributed by atoms with E-state index >= 15 is 0 Å². The number of aromatic hydroxyl groups is 1. The first-order valence-corrected chi connectivity index (χ1v) is 24.4. The molecule has 0 fully saturated rings. The summed E-state index contributed by atoms with van der Waals surface area (Å²) in [4.78, 5) is 0. The highest BCUT2D eigenvalue weighted by Gasteiger charge is 2.36. The lowest BCUT2D eigenvalue weighted by Gasteiger charge is -2.28. The number of nitrogens with one attached hydrogen (secondary N) is 1. The number of nitrogens with zero attached hydrogens (tertiary/aromatic N) is 2. The maximum Gasteiger partial charge on any atom is 0.171 e. The second kappa shape index (κ2) is 15.8. The Hall–Kier alpha value is -7.65. The first-order valence-electron chi connectivity index (χ1n) is 23.0. The van der Waals surface area contributed by atoms with Gasteiger partial charge in [0.15, 0.2) is 18.1 Å². The Morgan fingerprint density at radius 3 is 2.39 bits per heavy atom. The Morgan fingerprint density at radius 2 is 1.53 bits per heavy atom. The third kappa shape index (κ3) is 6.47. The highest BCUT2D eigenvalue weighted by atomic mass is 31.1. The molecule has 5 heteroatoms. The topological polar surface area (TPSA) is 42.1 Å². The van der Waals surface area contributed by atoms with Gasteiger partial charge in [0, 0.05) is 66.9 Å². The van der Waals surface area contributed by atoms with Gasteiger partial charge in [0.05, 0.1) is 27.8 Å². The number of hydrogen-bond donors (Lipinski definition) is 2. The highest BCUT2D eigenvalue weighted by molar-refractivity contribution is 7.62. The molecule has 318 valence electrons. The molecule has 1 aliphatic heterocycles. The van der Waals surface area contributed by atoms with Crippen molar-refractivity contribution in [2.24, 2.45) is 0 Å². The molecule has 2 N–H and O–H groups in total. The smallest absolute Gasteiger partial charge is 0.171 e. The summed E-state index contributed by atoms with van der Waals surface area (Å²) in [6.07, 6.45) is 20.5. The van der Waals surface area contributed by atoms with Crippen LogP contribution in [-0.4, -0.2) is 14.2 Å². The van der Waals surface area contributed by atoms with E-state index in [4.69, 9.17) is 0 Å². The number of rotatable bonds is 9. The van der Waals surface area contributed by atoms with Gasteiger partial charge in [-0.1, -0.05) is 129 Å². The molecule has 12 rings (SSSR count). The van der Waals surface area contributed by atoms with E-state index in [1.54, 1.807) is 6.07 Å². The largest absolute Gasteiger partial charge is 0.507 e. The van der Waals surface area contributed by atoms with Gasteiger partial charge in [-0.15, -0.1) is 0 Å². The van der Waals surface area contributed by atoms with Gasteiger partial charge in [0.1, 0.15) is 11.5 Å². The molecule has 4 heterocycles. The van der Waals surface area contributed by atoms with E-state index in [2.05, 4.69) is 192 Å². The summed E-state index contributed by atoms with van der Waals surface area (Å²) in [7, 11) is -0.475. The Kier molecular flexibility index (Phi) is 9.55. The number of phenolic OH excluding ortho intramolecular Hbond substituents is 1. The average molecular weight is 871 g/mol. The van der Waals surface area contributed by atoms with E-state index in [-0.39, 0.29) is 11.2 Å². The predicted octanol–water partition coefficient (Wildman–Crippen LogP) is 15.0. The SMILES string of the molecule is C=C(/C=C\C=C/C)C1=C(Nc2ccc3c(c2)-c2cc(-n4c5ccccc5c5cc(C6(C)C=c7c(n(-c8cccc(-c9ccccc9O)c8)c8ccccc78)=CC6)ccc54)cc[p+]2-3)C=CCC1. The van der Waals surface area contributed by atoms with E-state index < -0.39 is 7.53 Å². The Labute approximate surface area is 386 Å². The van der Waals surface area contributed by atoms with Gasteiger partial charge in [-0.2, -0.15) is 0 Å². The molecular formula is C61H49N3OP+. The van der Waals surface area contributed by atoms with Crippen LogP contribution >= 0.6 is 7.53 Å². The van der Waals surface area contributed by atoms with Crippen molar-refractivity contribution in [3.8, 4) is 44.4 Å². The number of hydrogen-bond acceptors (Lipinski definition) is 2. The molecule has 2 unspecified atom stereocenters. The van der Waals surface area contributed by atoms with Crippen molar-refractivity contribution in [2.45, 2.75) is 38.5 Å². The van der Waals surface area contributed by atoms with Crippen molar-refractivity contribution in [1.29, 1.82) is 0 Å². The van der Waals surface area contributed by atoms with Crippen LogP contribution in [-0.2, 0) is 5.41 Å². The Morgan fingerprint density at radius 1 is 0.742 bits per heavy atom. The van der Waals surface area contributed by atoms with Crippen LogP contribution in [0.4, 0.5) is 5.69 Å². The fourth-order valence-electron chi connectivity index (χ4n) is 10.6. The quantitative estimate of drug-likeness (QED) is 0.142. The molecule has 2 atom stereocenters. The molecule has 4 nitrogen and oxygen atoms in total. The van der Waals surface area contributed by atoms with Crippen molar-refractivity contribution in [1.82, 2.24) is 9.13 Å². The summed E-state index contributed by atoms with van der Waals surface area (Å²) in [5.74, 6) is 2.73. The number of para-hydroxylation sites is 3. The van der Waals surface area contributed by atoms with Crippen LogP contribution in [0, 0.1) is 0 Å². The second-order valence-corrected chi connectivity index (χ2v) is 20.0. The molecule has 9 aromatic rings. The molecule has 0 saturated heterocycles. The summed E-state index contributed by atoms with van der Waals surface area (Å²) in [6, 6.07) is 52.6. The highest BCUT2D eigenvalue weighted by Crippen LogP contribution is 2.62. The first-order chi connectivity index (χ1) is 32.4. The lowest BCUT2D eigenvalue weighted by Crippen LogP contribution is -2.37. The van der Waals surface area contributed by atoms with Gasteiger partial charge < -0.3 is 19.6 Å². The van der Waals surface area contributed by atoms with Crippen LogP contribution < -0.4 is 15.9 Å². The van der Waals surface area contributed by atoms with Gasteiger partial charge in [0.25, 0.3) is 0 Å². The summed E-state index contributed by atoms with van der Waals surface area (Å²) in [6.45, 7) is 8.83. The monoisotopic (exact) mass is 870 g/mol. The molecule has 6 aromatic carbocycles. The zero-order chi connectivity index (χ0) is 44.5. The van der Waals surface area contributed by atoms with Gasteiger partial charge in [-0.3, -0.25) is 0 Å². The number of fused-ring (bicyclic) bond motifs is 10. The lowest BCUT2D eigenvalue weighted by atomic mass is 9.76. The first kappa shape index (κ1) is 39.9. The van der Waals surface area contributed by atoms with E-state index in [1.807, 2.05) is 37.3 Å². The van der Waals surface area contributed by atoms with Crippen molar-refractivity contribution in [3.05, 3.63) is 227 Å². The zero-order valence-corrected chi connectivity index (χ0v) is 38.1. The number of aromatic nitrogens is 2. The van der Waals surface area contributed by atoms with Crippen molar-refractivity contribution in [3.63, 3.8) is 0 Å². The minimum Gasteiger partial charge on any atom is -0.507 e. The van der Waals surface area contributed by atoms with Gasteiger partial charge in [0.2, 0.25) is 0 Å². The summed E-state index contributed by atoms with van der Waals surface area (Å²) >= 11 is 0. The number of allylic oxidation sites excluding steroid dienone is 8. The molecule has 0 spiro atoms. The van der Waals surface area contributed by atoms with Gasteiger partial charge in [-0.25, -0.2) is 0 Å². The molecule has 66 heavy (non-hydrogen) atoms. The molecule has 0 saturated carbocycles. The van der Waals surface area contributed by atoms with E-state index in [1.165, 1.54) is 76.3 Å². The van der Waals surface area contributed by atoms with Crippen LogP contribution in [0.1, 0.15) is 38.7 Å². The third-order valence-electron chi connectivity index (χ3n) is 14.0. The fourth-order valence-corrected chi connectivity index (χ4v) is 12.7. The van der Waals surface area contributed by atoms with Crippen molar-refractivity contribution < 1.29 is 5.11 Å². The average Bonchev–Trinajstić information content (AvgIpc) is 3.85. The predicted molar refractivity (Wildman–Crippen MR) is 281 cm³/mol. The second-order valence-electron chi connectivity index (χ2n) is 18.0. The number of phenols is 1. The molecule has 2 aliphatic carbocycles. The zero-order valence-electron chi connectivity index (χ0n) is 37.2. The standard InChI is InChI=1S/C61H48N3OP/c1-4-5-6-16-40(2)46-19-7-11-23-53(46)62-43-28-30-59-51(37-43)60-38-45(32-34-66(59)60)64-54-24-12-8-21-48(54)50-36-42(27-29-56(50)64)61(3)33-31-57-52(39-61)49-22-9-13-25-55(49)63(57)44-18-15-17-41(35-44)47-20-10-14-26-58(47)65/h4-6,8-18,20-32,34-39,62H,2,7,19,33H2,1,3H3/p+1/b5-4-,16-6-. The number of anilines is 1. The molecule has 0 amide bonds. The minimum atomic E-state index is -0.475. The molecule has 3 aromatic heterocycles. The maximum atomic E-state index is 10.7. The van der Waals surface area contributed by atoms with Crippen LogP contribution in [0.3, 0.4) is 0 Å². The summed E-state index contributed by atoms with van der Waals surface area (Å²) < 4.78 is 4.86. The summed E-state index contributed by atoms with van der Waals surface area (Å²) in [5, 5.41) is 23.6. The lowest BCUT2D eigenvalue weighted by molar-refractivity contribution is 0.477. The molecular weight excluding hydrogens is 822 g/mol. The van der Waals surface area contributed by atoms with Crippen molar-refractivity contribution >= 4 is 58.1 Å². The van der Waals surface area contributed by atoms with Crippen LogP contribution in [0.2, 0.25) is 0 Å². The Balaban J connectivity index is 0.910. The fraction of sp³-hybridized carbons (Fsp3) is 0.0984. The molecule has 0 radical (unpaired) electrons. The Bertz CT molecular complexity index is 3780. The van der Waals surface area contributed by atoms with E-state index in [9.17, 15) is 5.11 Å². The van der Waals surface area contributed by atoms with Crippen molar-refractivity contribution in [2.75, 3.05) is 5.32 Å². The van der Waals surface area contributed by atoms with Crippen LogP contribution in [0.25, 0.3) is 83.5 Å². The number of benzene rings is 6. The van der Waals surface area contributed by atoms with E-state index in [0.717, 1.165) is 53.0 Å². The van der Waals surface area contributed by atoms with E-state index in [0.29, 0.717) is 0 Å². The van der Waals surface area contributed by atoms with Gasteiger partial charge in [-0.05, 0) is 115 Å². The van der Waals surface area contributed by atoms with Crippen LogP contribution in [0.15, 0.2) is 211 Å². The van der Waals surface area contributed by atoms with Crippen LogP contribution in [0.5, 0.6) is 5.75 Å².